The number of anilines is 1. The van der Waals surface area contributed by atoms with Crippen LogP contribution in [0, 0.1) is 0 Å². The van der Waals surface area contributed by atoms with Crippen LogP contribution in [0.3, 0.4) is 0 Å². The molecule has 0 fully saturated rings. The van der Waals surface area contributed by atoms with Gasteiger partial charge >= 0.3 is 0 Å². The molecule has 0 unspecified atom stereocenters. The number of H-pyrrole nitrogens is 2. The fourth-order valence-electron chi connectivity index (χ4n) is 1.11. The van der Waals surface area contributed by atoms with Gasteiger partial charge in [-0.25, -0.2) is 4.98 Å². The van der Waals surface area contributed by atoms with E-state index in [1.54, 1.807) is 6.08 Å². The number of aromatic nitrogens is 4. The SMILES string of the molecule is C=CCSc1nc2nc(N)[nH]c(=O)c2[nH]1.CC. The van der Waals surface area contributed by atoms with Crippen LogP contribution in [0.15, 0.2) is 22.6 Å². The second-order valence-corrected chi connectivity index (χ2v) is 3.80. The molecule has 4 N–H and O–H groups in total. The van der Waals surface area contributed by atoms with E-state index in [0.717, 1.165) is 0 Å². The first-order chi connectivity index (χ1) is 8.20. The van der Waals surface area contributed by atoms with Crippen molar-refractivity contribution in [2.75, 3.05) is 11.5 Å². The Labute approximate surface area is 103 Å². The van der Waals surface area contributed by atoms with Gasteiger partial charge < -0.3 is 10.7 Å². The molecule has 2 heterocycles. The minimum atomic E-state index is -0.310. The second kappa shape index (κ2) is 6.09. The van der Waals surface area contributed by atoms with Crippen LogP contribution in [0.5, 0.6) is 0 Å². The van der Waals surface area contributed by atoms with Gasteiger partial charge in [-0.05, 0) is 0 Å². The Balaban J connectivity index is 0.000000686. The highest BCUT2D eigenvalue weighted by Gasteiger charge is 2.07. The normalized spacial score (nSPS) is 9.76. The molecule has 0 amide bonds. The van der Waals surface area contributed by atoms with E-state index in [4.69, 9.17) is 5.73 Å². The number of fused-ring (bicyclic) bond motifs is 1. The van der Waals surface area contributed by atoms with E-state index >= 15 is 0 Å². The Bertz CT molecular complexity index is 559. The molecule has 92 valence electrons. The summed E-state index contributed by atoms with van der Waals surface area (Å²) >= 11 is 1.44. The lowest BCUT2D eigenvalue weighted by Gasteiger charge is -1.89. The minimum Gasteiger partial charge on any atom is -0.369 e. The van der Waals surface area contributed by atoms with Crippen molar-refractivity contribution in [3.8, 4) is 0 Å². The molecule has 6 nitrogen and oxygen atoms in total. The predicted octanol–water partition coefficient (Wildman–Crippen LogP) is 1.53. The summed E-state index contributed by atoms with van der Waals surface area (Å²) in [6.45, 7) is 7.60. The summed E-state index contributed by atoms with van der Waals surface area (Å²) in [4.78, 5) is 24.7. The first-order valence-corrected chi connectivity index (χ1v) is 6.18. The molecule has 0 aliphatic rings. The van der Waals surface area contributed by atoms with Crippen LogP contribution in [0.25, 0.3) is 11.2 Å². The molecule has 0 saturated carbocycles. The number of hydrogen-bond donors (Lipinski definition) is 3. The van der Waals surface area contributed by atoms with Gasteiger partial charge in [0.25, 0.3) is 5.56 Å². The zero-order valence-electron chi connectivity index (χ0n) is 9.78. The van der Waals surface area contributed by atoms with Gasteiger partial charge in [-0.1, -0.05) is 31.7 Å². The van der Waals surface area contributed by atoms with Gasteiger partial charge in [0.1, 0.15) is 0 Å². The molecule has 0 aliphatic heterocycles. The lowest BCUT2D eigenvalue weighted by molar-refractivity contribution is 1.07. The van der Waals surface area contributed by atoms with E-state index in [-0.39, 0.29) is 11.5 Å². The topological polar surface area (TPSA) is 100 Å². The number of nitrogens with one attached hydrogen (secondary N) is 2. The van der Waals surface area contributed by atoms with E-state index in [1.165, 1.54) is 11.8 Å². The van der Waals surface area contributed by atoms with Gasteiger partial charge in [0.15, 0.2) is 16.3 Å². The van der Waals surface area contributed by atoms with Gasteiger partial charge in [-0.15, -0.1) is 6.58 Å². The Kier molecular flexibility index (Phi) is 4.77. The Morgan fingerprint density at radius 1 is 1.41 bits per heavy atom. The Hall–Kier alpha value is -1.76. The standard InChI is InChI=1S/C8H9N5OS.C2H6/c1-2-3-15-8-10-4-5(12-8)11-7(9)13-6(4)14;1-2/h2H,1,3H2,(H4,9,10,11,12,13,14);1-2H3. The maximum Gasteiger partial charge on any atom is 0.278 e. The molecule has 17 heavy (non-hydrogen) atoms. The summed E-state index contributed by atoms with van der Waals surface area (Å²) in [7, 11) is 0. The average molecular weight is 253 g/mol. The highest BCUT2D eigenvalue weighted by atomic mass is 32.2. The van der Waals surface area contributed by atoms with Crippen molar-refractivity contribution in [1.82, 2.24) is 19.9 Å². The minimum absolute atomic E-state index is 0.0688. The van der Waals surface area contributed by atoms with Gasteiger partial charge in [-0.2, -0.15) is 4.98 Å². The molecule has 7 heteroatoms. The van der Waals surface area contributed by atoms with Crippen molar-refractivity contribution in [3.63, 3.8) is 0 Å². The van der Waals surface area contributed by atoms with Crippen molar-refractivity contribution in [3.05, 3.63) is 23.0 Å². The van der Waals surface area contributed by atoms with E-state index in [9.17, 15) is 4.79 Å². The van der Waals surface area contributed by atoms with Crippen molar-refractivity contribution in [2.45, 2.75) is 19.0 Å². The number of nitrogens with two attached hydrogens (primary N) is 1. The lowest BCUT2D eigenvalue weighted by atomic mass is 10.5. The molecule has 0 aliphatic carbocycles. The largest absolute Gasteiger partial charge is 0.369 e. The van der Waals surface area contributed by atoms with Crippen LogP contribution in [0.2, 0.25) is 0 Å². The Morgan fingerprint density at radius 3 is 2.76 bits per heavy atom. The third kappa shape index (κ3) is 3.10. The van der Waals surface area contributed by atoms with E-state index in [0.29, 0.717) is 22.1 Å². The highest BCUT2D eigenvalue weighted by Crippen LogP contribution is 2.16. The van der Waals surface area contributed by atoms with Crippen molar-refractivity contribution < 1.29 is 0 Å². The first-order valence-electron chi connectivity index (χ1n) is 5.20. The molecular weight excluding hydrogens is 238 g/mol. The monoisotopic (exact) mass is 253 g/mol. The van der Waals surface area contributed by atoms with Crippen LogP contribution in [-0.2, 0) is 0 Å². The van der Waals surface area contributed by atoms with Crippen molar-refractivity contribution in [1.29, 1.82) is 0 Å². The van der Waals surface area contributed by atoms with Gasteiger partial charge in [-0.3, -0.25) is 9.78 Å². The molecule has 0 aromatic carbocycles. The highest BCUT2D eigenvalue weighted by molar-refractivity contribution is 7.99. The number of hydrogen-bond acceptors (Lipinski definition) is 5. The summed E-state index contributed by atoms with van der Waals surface area (Å²) < 4.78 is 0. The molecule has 0 spiro atoms. The lowest BCUT2D eigenvalue weighted by Crippen LogP contribution is -2.10. The molecule has 0 saturated heterocycles. The van der Waals surface area contributed by atoms with E-state index in [2.05, 4.69) is 26.5 Å². The van der Waals surface area contributed by atoms with Crippen LogP contribution < -0.4 is 11.3 Å². The summed E-state index contributed by atoms with van der Waals surface area (Å²) in [5.74, 6) is 0.784. The first kappa shape index (κ1) is 13.3. The summed E-state index contributed by atoms with van der Waals surface area (Å²) in [5.41, 5.74) is 5.76. The zero-order valence-corrected chi connectivity index (χ0v) is 10.6. The van der Waals surface area contributed by atoms with Crippen molar-refractivity contribution in [2.24, 2.45) is 0 Å². The van der Waals surface area contributed by atoms with Gasteiger partial charge in [0, 0.05) is 5.75 Å². The van der Waals surface area contributed by atoms with Gasteiger partial charge in [0.2, 0.25) is 5.95 Å². The number of nitrogens with zero attached hydrogens (tertiary/aromatic N) is 2. The predicted molar refractivity (Wildman–Crippen MR) is 71.2 cm³/mol. The number of aromatic amines is 2. The fourth-order valence-corrected chi connectivity index (χ4v) is 1.71. The Morgan fingerprint density at radius 2 is 2.12 bits per heavy atom. The quantitative estimate of drug-likeness (QED) is 0.569. The smallest absolute Gasteiger partial charge is 0.278 e. The molecule has 0 atom stereocenters. The van der Waals surface area contributed by atoms with E-state index in [1.807, 2.05) is 13.8 Å². The summed E-state index contributed by atoms with van der Waals surface area (Å²) in [6, 6.07) is 0. The van der Waals surface area contributed by atoms with E-state index < -0.39 is 0 Å². The summed E-state index contributed by atoms with van der Waals surface area (Å²) in [5, 5.41) is 0.633. The summed E-state index contributed by atoms with van der Waals surface area (Å²) in [6.07, 6.45) is 1.75. The van der Waals surface area contributed by atoms with Crippen LogP contribution in [0.4, 0.5) is 5.95 Å². The zero-order chi connectivity index (χ0) is 12.8. The number of thioether (sulfide) groups is 1. The molecule has 2 aromatic heterocycles. The third-order valence-corrected chi connectivity index (χ3v) is 2.57. The van der Waals surface area contributed by atoms with Crippen LogP contribution >= 0.6 is 11.8 Å². The third-order valence-electron chi connectivity index (χ3n) is 1.70. The average Bonchev–Trinajstić information content (AvgIpc) is 2.72. The molecule has 0 bridgehead atoms. The van der Waals surface area contributed by atoms with Crippen molar-refractivity contribution >= 4 is 28.9 Å². The molecule has 2 aromatic rings. The molecule has 0 radical (unpaired) electrons. The number of imidazole rings is 1. The maximum absolute atomic E-state index is 11.4. The number of rotatable bonds is 3. The second-order valence-electron chi connectivity index (χ2n) is 2.79. The molecule has 2 rings (SSSR count). The van der Waals surface area contributed by atoms with Gasteiger partial charge in [0.05, 0.1) is 0 Å². The van der Waals surface area contributed by atoms with Crippen LogP contribution in [0.1, 0.15) is 13.8 Å². The van der Waals surface area contributed by atoms with Crippen LogP contribution in [-0.4, -0.2) is 25.7 Å². The fraction of sp³-hybridized carbons (Fsp3) is 0.300. The molecular formula is C10H15N5OS. The maximum atomic E-state index is 11.4. The number of nitrogen functional groups attached to an aromatic ring is 1.